The van der Waals surface area contributed by atoms with Crippen LogP contribution in [0.2, 0.25) is 0 Å². The van der Waals surface area contributed by atoms with E-state index in [4.69, 9.17) is 10.00 Å². The quantitative estimate of drug-likeness (QED) is 0.915. The van der Waals surface area contributed by atoms with E-state index in [-0.39, 0.29) is 24.1 Å². The van der Waals surface area contributed by atoms with Gasteiger partial charge in [0.05, 0.1) is 18.3 Å². The summed E-state index contributed by atoms with van der Waals surface area (Å²) in [6.07, 6.45) is 1.60. The minimum Gasteiger partial charge on any atom is -0.442 e. The number of anilines is 1. The average molecular weight is 348 g/mol. The second-order valence-corrected chi connectivity index (χ2v) is 6.39. The Morgan fingerprint density at radius 2 is 2.19 bits per heavy atom. The summed E-state index contributed by atoms with van der Waals surface area (Å²) >= 11 is 0. The van der Waals surface area contributed by atoms with Crippen molar-refractivity contribution in [3.63, 3.8) is 0 Å². The number of nitriles is 1. The van der Waals surface area contributed by atoms with E-state index < -0.39 is 0 Å². The molecule has 0 bridgehead atoms. The fourth-order valence-electron chi connectivity index (χ4n) is 3.51. The molecule has 1 aromatic heterocycles. The van der Waals surface area contributed by atoms with Crippen molar-refractivity contribution in [3.8, 4) is 17.2 Å². The van der Waals surface area contributed by atoms with Crippen LogP contribution in [0.5, 0.6) is 0 Å². The number of pyridine rings is 1. The van der Waals surface area contributed by atoms with Crippen LogP contribution in [-0.2, 0) is 16.0 Å². The molecule has 3 heterocycles. The summed E-state index contributed by atoms with van der Waals surface area (Å²) in [6, 6.07) is 11.3. The van der Waals surface area contributed by atoms with Crippen molar-refractivity contribution in [2.24, 2.45) is 0 Å². The molecular weight excluding hydrogens is 332 g/mol. The van der Waals surface area contributed by atoms with Crippen LogP contribution in [0.25, 0.3) is 11.1 Å². The molecule has 2 aliphatic rings. The maximum atomic E-state index is 12.2. The first kappa shape index (κ1) is 16.1. The van der Waals surface area contributed by atoms with Gasteiger partial charge in [-0.05, 0) is 41.8 Å². The Bertz CT molecular complexity index is 933. The van der Waals surface area contributed by atoms with Gasteiger partial charge in [0.2, 0.25) is 5.91 Å². The minimum atomic E-state index is -0.378. The van der Waals surface area contributed by atoms with Crippen LogP contribution in [-0.4, -0.2) is 35.7 Å². The van der Waals surface area contributed by atoms with Gasteiger partial charge in [0.25, 0.3) is 0 Å². The van der Waals surface area contributed by atoms with Crippen molar-refractivity contribution >= 4 is 17.7 Å². The Balaban J connectivity index is 1.60. The number of nitrogens with one attached hydrogen (secondary N) is 1. The van der Waals surface area contributed by atoms with Gasteiger partial charge in [-0.1, -0.05) is 6.07 Å². The van der Waals surface area contributed by atoms with Crippen molar-refractivity contribution in [2.75, 3.05) is 11.4 Å². The lowest BCUT2D eigenvalue weighted by Crippen LogP contribution is -2.40. The van der Waals surface area contributed by atoms with Crippen molar-refractivity contribution in [3.05, 3.63) is 47.8 Å². The maximum absolute atomic E-state index is 12.2. The van der Waals surface area contributed by atoms with E-state index in [0.717, 1.165) is 22.4 Å². The zero-order valence-corrected chi connectivity index (χ0v) is 14.1. The molecule has 1 saturated heterocycles. The number of benzene rings is 1. The topological polar surface area (TPSA) is 95.3 Å². The van der Waals surface area contributed by atoms with Crippen LogP contribution in [0, 0.1) is 11.3 Å². The molecule has 1 fully saturated rings. The van der Waals surface area contributed by atoms with Crippen LogP contribution in [0.4, 0.5) is 10.5 Å². The van der Waals surface area contributed by atoms with E-state index in [1.807, 2.05) is 30.3 Å². The van der Waals surface area contributed by atoms with Crippen molar-refractivity contribution in [1.82, 2.24) is 10.3 Å². The van der Waals surface area contributed by atoms with Crippen molar-refractivity contribution in [2.45, 2.75) is 25.5 Å². The highest BCUT2D eigenvalue weighted by Crippen LogP contribution is 2.40. The third kappa shape index (κ3) is 2.65. The molecular formula is C19H16N4O3. The van der Waals surface area contributed by atoms with Crippen molar-refractivity contribution < 1.29 is 14.3 Å². The number of nitrogens with zero attached hydrogens (tertiary/aromatic N) is 3. The fraction of sp³-hybridized carbons (Fsp3) is 0.263. The molecule has 130 valence electrons. The van der Waals surface area contributed by atoms with Crippen molar-refractivity contribution in [1.29, 1.82) is 5.26 Å². The molecule has 1 N–H and O–H groups in total. The summed E-state index contributed by atoms with van der Waals surface area (Å²) in [6.45, 7) is 1.75. The molecule has 7 heteroatoms. The first-order chi connectivity index (χ1) is 12.6. The SMILES string of the molecule is CC(=O)NCC1OC(=O)N2c3ccc(-c4ccc(C#N)nc4)cc3CC12. The maximum Gasteiger partial charge on any atom is 0.415 e. The van der Waals surface area contributed by atoms with Gasteiger partial charge in [0, 0.05) is 18.7 Å². The van der Waals surface area contributed by atoms with Gasteiger partial charge in [-0.3, -0.25) is 9.69 Å². The third-order valence-corrected chi connectivity index (χ3v) is 4.74. The highest BCUT2D eigenvalue weighted by atomic mass is 16.6. The lowest BCUT2D eigenvalue weighted by molar-refractivity contribution is -0.119. The van der Waals surface area contributed by atoms with Crippen LogP contribution in [0.3, 0.4) is 0 Å². The van der Waals surface area contributed by atoms with E-state index in [9.17, 15) is 9.59 Å². The molecule has 1 aromatic carbocycles. The lowest BCUT2D eigenvalue weighted by atomic mass is 10.0. The molecule has 0 radical (unpaired) electrons. The molecule has 0 spiro atoms. The summed E-state index contributed by atoms with van der Waals surface area (Å²) in [4.78, 5) is 29.2. The van der Waals surface area contributed by atoms with Gasteiger partial charge < -0.3 is 10.1 Å². The fourth-order valence-corrected chi connectivity index (χ4v) is 3.51. The van der Waals surface area contributed by atoms with Gasteiger partial charge in [0.15, 0.2) is 0 Å². The second kappa shape index (κ2) is 6.15. The molecule has 2 amide bonds. The number of fused-ring (bicyclic) bond motifs is 3. The Labute approximate surface area is 150 Å². The number of hydrogen-bond acceptors (Lipinski definition) is 5. The van der Waals surface area contributed by atoms with E-state index in [1.54, 1.807) is 17.2 Å². The zero-order valence-electron chi connectivity index (χ0n) is 14.1. The first-order valence-electron chi connectivity index (χ1n) is 8.30. The van der Waals surface area contributed by atoms with Gasteiger partial charge in [0.1, 0.15) is 17.9 Å². The molecule has 2 unspecified atom stereocenters. The summed E-state index contributed by atoms with van der Waals surface area (Å²) in [5, 5.41) is 11.6. The molecule has 4 rings (SSSR count). The molecule has 0 saturated carbocycles. The van der Waals surface area contributed by atoms with Gasteiger partial charge in [-0.2, -0.15) is 5.26 Å². The Kier molecular flexibility index (Phi) is 3.81. The first-order valence-corrected chi connectivity index (χ1v) is 8.30. The predicted molar refractivity (Wildman–Crippen MR) is 93.3 cm³/mol. The molecule has 26 heavy (non-hydrogen) atoms. The second-order valence-electron chi connectivity index (χ2n) is 6.39. The number of ether oxygens (including phenoxy) is 1. The standard InChI is InChI=1S/C19H16N4O3/c1-11(24)21-10-18-17-7-14-6-12(13-2-4-15(8-20)22-9-13)3-5-16(14)23(17)19(25)26-18/h2-6,9,17-18H,7,10H2,1H3,(H,21,24). The molecule has 7 nitrogen and oxygen atoms in total. The number of rotatable bonds is 3. The van der Waals surface area contributed by atoms with E-state index >= 15 is 0 Å². The largest absolute Gasteiger partial charge is 0.442 e. The number of cyclic esters (lactones) is 1. The van der Waals surface area contributed by atoms with Gasteiger partial charge in [-0.25, -0.2) is 9.78 Å². The van der Waals surface area contributed by atoms with E-state index in [2.05, 4.69) is 10.3 Å². The Morgan fingerprint density at radius 1 is 1.38 bits per heavy atom. The lowest BCUT2D eigenvalue weighted by Gasteiger charge is -2.16. The monoisotopic (exact) mass is 348 g/mol. The molecule has 2 aliphatic heterocycles. The number of aromatic nitrogens is 1. The number of carbonyl (C=O) groups excluding carboxylic acids is 2. The summed E-state index contributed by atoms with van der Waals surface area (Å²) in [5.41, 5.74) is 4.17. The van der Waals surface area contributed by atoms with Crippen LogP contribution in [0.15, 0.2) is 36.5 Å². The highest BCUT2D eigenvalue weighted by Gasteiger charge is 2.47. The number of carbonyl (C=O) groups is 2. The number of hydrogen-bond donors (Lipinski definition) is 1. The minimum absolute atomic E-state index is 0.112. The van der Waals surface area contributed by atoms with Crippen LogP contribution >= 0.6 is 0 Å². The number of amides is 2. The smallest absolute Gasteiger partial charge is 0.415 e. The summed E-state index contributed by atoms with van der Waals surface area (Å²) in [5.74, 6) is -0.148. The van der Waals surface area contributed by atoms with E-state index in [0.29, 0.717) is 18.7 Å². The molecule has 2 atom stereocenters. The van der Waals surface area contributed by atoms with Gasteiger partial charge >= 0.3 is 6.09 Å². The Morgan fingerprint density at radius 3 is 2.88 bits per heavy atom. The summed E-state index contributed by atoms with van der Waals surface area (Å²) < 4.78 is 5.41. The Hall–Kier alpha value is -3.40. The molecule has 0 aliphatic carbocycles. The third-order valence-electron chi connectivity index (χ3n) is 4.74. The normalized spacial score (nSPS) is 20.2. The van der Waals surface area contributed by atoms with Crippen LogP contribution in [0.1, 0.15) is 18.2 Å². The van der Waals surface area contributed by atoms with Crippen LogP contribution < -0.4 is 10.2 Å². The predicted octanol–water partition coefficient (Wildman–Crippen LogP) is 2.01. The van der Waals surface area contributed by atoms with Gasteiger partial charge in [-0.15, -0.1) is 0 Å². The highest BCUT2D eigenvalue weighted by molar-refractivity contribution is 5.94. The zero-order chi connectivity index (χ0) is 18.3. The van der Waals surface area contributed by atoms with E-state index in [1.165, 1.54) is 6.92 Å². The average Bonchev–Trinajstić information content (AvgIpc) is 3.17. The summed E-state index contributed by atoms with van der Waals surface area (Å²) in [7, 11) is 0. The molecule has 2 aromatic rings.